The van der Waals surface area contributed by atoms with Crippen LogP contribution in [0.2, 0.25) is 0 Å². The van der Waals surface area contributed by atoms with Gasteiger partial charge in [0.15, 0.2) is 0 Å². The summed E-state index contributed by atoms with van der Waals surface area (Å²) in [6.45, 7) is 2.64. The van der Waals surface area contributed by atoms with Gasteiger partial charge in [0, 0.05) is 32.3 Å². The van der Waals surface area contributed by atoms with Gasteiger partial charge in [0.2, 0.25) is 0 Å². The maximum Gasteiger partial charge on any atom is 0.337 e. The van der Waals surface area contributed by atoms with Gasteiger partial charge < -0.3 is 4.74 Å². The molecule has 0 radical (unpaired) electrons. The van der Waals surface area contributed by atoms with Crippen LogP contribution in [0.25, 0.3) is 0 Å². The second-order valence-electron chi connectivity index (χ2n) is 7.06. The summed E-state index contributed by atoms with van der Waals surface area (Å²) in [6, 6.07) is 7.67. The standard InChI is InChI=1S/C20H23N3O2/c1-25-20(24)16-4-2-3-15(9-16)12-23-8-7-17-11-21-19(10-14-5-6-14)22-18(17)13-23/h2-4,9,11,14H,5-8,10,12-13H2,1H3. The Morgan fingerprint density at radius 2 is 2.24 bits per heavy atom. The van der Waals surface area contributed by atoms with E-state index in [2.05, 4.69) is 16.0 Å². The van der Waals surface area contributed by atoms with Crippen LogP contribution in [0.15, 0.2) is 30.5 Å². The van der Waals surface area contributed by atoms with Crippen molar-refractivity contribution in [1.29, 1.82) is 0 Å². The van der Waals surface area contributed by atoms with Crippen LogP contribution in [0.4, 0.5) is 0 Å². The van der Waals surface area contributed by atoms with E-state index in [1.807, 2.05) is 18.3 Å². The minimum atomic E-state index is -0.289. The van der Waals surface area contributed by atoms with Gasteiger partial charge in [0.1, 0.15) is 5.82 Å². The Hall–Kier alpha value is -2.27. The molecular weight excluding hydrogens is 314 g/mol. The molecule has 1 aliphatic carbocycles. The molecule has 0 atom stereocenters. The lowest BCUT2D eigenvalue weighted by molar-refractivity contribution is 0.0600. The molecule has 1 aromatic heterocycles. The highest BCUT2D eigenvalue weighted by atomic mass is 16.5. The number of fused-ring (bicyclic) bond motifs is 1. The normalized spacial score (nSPS) is 17.2. The fraction of sp³-hybridized carbons (Fsp3) is 0.450. The molecule has 2 heterocycles. The molecule has 0 spiro atoms. The molecule has 1 aromatic carbocycles. The van der Waals surface area contributed by atoms with Gasteiger partial charge in [-0.3, -0.25) is 4.90 Å². The molecule has 2 aromatic rings. The highest BCUT2D eigenvalue weighted by Crippen LogP contribution is 2.32. The van der Waals surface area contributed by atoms with E-state index in [0.717, 1.165) is 49.8 Å². The molecule has 1 saturated carbocycles. The highest BCUT2D eigenvalue weighted by Gasteiger charge is 2.24. The molecule has 1 fully saturated rings. The van der Waals surface area contributed by atoms with E-state index in [4.69, 9.17) is 9.72 Å². The largest absolute Gasteiger partial charge is 0.465 e. The minimum Gasteiger partial charge on any atom is -0.465 e. The number of hydrogen-bond acceptors (Lipinski definition) is 5. The van der Waals surface area contributed by atoms with Crippen molar-refractivity contribution in [3.05, 3.63) is 58.7 Å². The molecular formula is C20H23N3O2. The Morgan fingerprint density at radius 3 is 3.04 bits per heavy atom. The second kappa shape index (κ2) is 6.92. The predicted molar refractivity (Wildman–Crippen MR) is 94.1 cm³/mol. The third-order valence-electron chi connectivity index (χ3n) is 5.00. The smallest absolute Gasteiger partial charge is 0.337 e. The maximum atomic E-state index is 11.7. The Morgan fingerprint density at radius 1 is 1.36 bits per heavy atom. The van der Waals surface area contributed by atoms with Gasteiger partial charge in [-0.25, -0.2) is 14.8 Å². The molecule has 130 valence electrons. The molecule has 0 unspecified atom stereocenters. The first-order chi connectivity index (χ1) is 12.2. The lowest BCUT2D eigenvalue weighted by Gasteiger charge is -2.28. The number of methoxy groups -OCH3 is 1. The van der Waals surface area contributed by atoms with Gasteiger partial charge in [0.25, 0.3) is 0 Å². The van der Waals surface area contributed by atoms with Crippen molar-refractivity contribution in [2.24, 2.45) is 5.92 Å². The van der Waals surface area contributed by atoms with E-state index in [0.29, 0.717) is 5.56 Å². The molecule has 0 N–H and O–H groups in total. The van der Waals surface area contributed by atoms with Gasteiger partial charge in [-0.05, 0) is 48.4 Å². The number of aromatic nitrogens is 2. The van der Waals surface area contributed by atoms with Crippen LogP contribution < -0.4 is 0 Å². The van der Waals surface area contributed by atoms with E-state index < -0.39 is 0 Å². The van der Waals surface area contributed by atoms with Crippen molar-refractivity contribution in [3.8, 4) is 0 Å². The van der Waals surface area contributed by atoms with E-state index in [9.17, 15) is 4.79 Å². The number of carbonyl (C=O) groups excluding carboxylic acids is 1. The molecule has 5 nitrogen and oxygen atoms in total. The summed E-state index contributed by atoms with van der Waals surface area (Å²) in [5.41, 5.74) is 4.17. The number of esters is 1. The van der Waals surface area contributed by atoms with Gasteiger partial charge in [-0.15, -0.1) is 0 Å². The first-order valence-corrected chi connectivity index (χ1v) is 8.94. The minimum absolute atomic E-state index is 0.289. The van der Waals surface area contributed by atoms with Crippen LogP contribution in [0.3, 0.4) is 0 Å². The molecule has 1 aliphatic heterocycles. The Labute approximate surface area is 148 Å². The predicted octanol–water partition coefficient (Wildman–Crippen LogP) is 2.77. The van der Waals surface area contributed by atoms with E-state index in [1.54, 1.807) is 6.07 Å². The Bertz CT molecular complexity index is 786. The number of hydrogen-bond donors (Lipinski definition) is 0. The van der Waals surface area contributed by atoms with Gasteiger partial charge >= 0.3 is 5.97 Å². The first-order valence-electron chi connectivity index (χ1n) is 8.94. The Balaban J connectivity index is 1.45. The SMILES string of the molecule is COC(=O)c1cccc(CN2CCc3cnc(CC4CC4)nc3C2)c1. The van der Waals surface area contributed by atoms with Crippen molar-refractivity contribution in [1.82, 2.24) is 14.9 Å². The van der Waals surface area contributed by atoms with Crippen molar-refractivity contribution in [3.63, 3.8) is 0 Å². The summed E-state index contributed by atoms with van der Waals surface area (Å²) in [6.07, 6.45) is 6.67. The van der Waals surface area contributed by atoms with Crippen molar-refractivity contribution < 1.29 is 9.53 Å². The molecule has 4 rings (SSSR count). The average Bonchev–Trinajstić information content (AvgIpc) is 3.45. The summed E-state index contributed by atoms with van der Waals surface area (Å²) in [5, 5.41) is 0. The third kappa shape index (κ3) is 3.87. The topological polar surface area (TPSA) is 55.3 Å². The molecule has 2 aliphatic rings. The highest BCUT2D eigenvalue weighted by molar-refractivity contribution is 5.89. The van der Waals surface area contributed by atoms with E-state index >= 15 is 0 Å². The lowest BCUT2D eigenvalue weighted by atomic mass is 10.0. The zero-order valence-corrected chi connectivity index (χ0v) is 14.6. The fourth-order valence-corrected chi connectivity index (χ4v) is 3.38. The quantitative estimate of drug-likeness (QED) is 0.785. The fourth-order valence-electron chi connectivity index (χ4n) is 3.38. The third-order valence-corrected chi connectivity index (χ3v) is 5.00. The molecule has 0 amide bonds. The second-order valence-corrected chi connectivity index (χ2v) is 7.06. The number of ether oxygens (including phenoxy) is 1. The summed E-state index contributed by atoms with van der Waals surface area (Å²) in [4.78, 5) is 23.4. The maximum absolute atomic E-state index is 11.7. The zero-order valence-electron chi connectivity index (χ0n) is 14.6. The average molecular weight is 337 g/mol. The molecule has 25 heavy (non-hydrogen) atoms. The number of benzene rings is 1. The Kier molecular flexibility index (Phi) is 4.49. The van der Waals surface area contributed by atoms with E-state index in [-0.39, 0.29) is 5.97 Å². The first kappa shape index (κ1) is 16.2. The summed E-state index contributed by atoms with van der Waals surface area (Å²) in [5.74, 6) is 1.51. The molecule has 0 saturated heterocycles. The summed E-state index contributed by atoms with van der Waals surface area (Å²) in [7, 11) is 1.41. The lowest BCUT2D eigenvalue weighted by Crippen LogP contribution is -2.31. The van der Waals surface area contributed by atoms with Crippen molar-refractivity contribution in [2.45, 2.75) is 38.8 Å². The van der Waals surface area contributed by atoms with Crippen LogP contribution in [-0.4, -0.2) is 34.5 Å². The van der Waals surface area contributed by atoms with Crippen LogP contribution in [0.1, 0.15) is 45.8 Å². The summed E-state index contributed by atoms with van der Waals surface area (Å²) < 4.78 is 4.81. The molecule has 0 bridgehead atoms. The van der Waals surface area contributed by atoms with Gasteiger partial charge in [-0.1, -0.05) is 12.1 Å². The van der Waals surface area contributed by atoms with Crippen molar-refractivity contribution in [2.75, 3.05) is 13.7 Å². The number of nitrogens with zero attached hydrogens (tertiary/aromatic N) is 3. The van der Waals surface area contributed by atoms with Crippen molar-refractivity contribution >= 4 is 5.97 Å². The van der Waals surface area contributed by atoms with Gasteiger partial charge in [-0.2, -0.15) is 0 Å². The number of carbonyl (C=O) groups is 1. The zero-order chi connectivity index (χ0) is 17.2. The monoisotopic (exact) mass is 337 g/mol. The van der Waals surface area contributed by atoms with Crippen LogP contribution in [0, 0.1) is 5.92 Å². The van der Waals surface area contributed by atoms with Crippen LogP contribution in [0.5, 0.6) is 0 Å². The van der Waals surface area contributed by atoms with Crippen LogP contribution in [-0.2, 0) is 30.7 Å². The van der Waals surface area contributed by atoms with E-state index in [1.165, 1.54) is 31.2 Å². The number of rotatable bonds is 5. The summed E-state index contributed by atoms with van der Waals surface area (Å²) >= 11 is 0. The van der Waals surface area contributed by atoms with Crippen LogP contribution >= 0.6 is 0 Å². The van der Waals surface area contributed by atoms with Gasteiger partial charge in [0.05, 0.1) is 18.4 Å². The molecule has 5 heteroatoms.